The summed E-state index contributed by atoms with van der Waals surface area (Å²) in [7, 11) is 0. The Bertz CT molecular complexity index is 699. The van der Waals surface area contributed by atoms with Crippen LogP contribution in [0.15, 0.2) is 91.0 Å². The highest BCUT2D eigenvalue weighted by Crippen LogP contribution is 2.40. The van der Waals surface area contributed by atoms with E-state index in [-0.39, 0.29) is 0 Å². The molecule has 3 aromatic rings. The molecule has 26 heavy (non-hydrogen) atoms. The predicted octanol–water partition coefficient (Wildman–Crippen LogP) is 4.75. The minimum absolute atomic E-state index is 0.422. The topological polar surface area (TPSA) is 21.3 Å². The Morgan fingerprint density at radius 1 is 0.731 bits per heavy atom. The maximum atomic E-state index is 6.81. The molecule has 4 rings (SSSR count). The maximum absolute atomic E-state index is 6.81. The third-order valence-electron chi connectivity index (χ3n) is 5.20. The van der Waals surface area contributed by atoms with E-state index in [2.05, 4.69) is 96.3 Å². The van der Waals surface area contributed by atoms with Crippen molar-refractivity contribution in [1.82, 2.24) is 5.32 Å². The fourth-order valence-corrected chi connectivity index (χ4v) is 3.89. The Morgan fingerprint density at radius 3 is 1.58 bits per heavy atom. The molecule has 2 nitrogen and oxygen atoms in total. The number of nitrogens with one attached hydrogen (secondary N) is 1. The summed E-state index contributed by atoms with van der Waals surface area (Å²) < 4.78 is 6.81. The zero-order chi connectivity index (χ0) is 17.7. The lowest BCUT2D eigenvalue weighted by Gasteiger charge is -2.36. The highest BCUT2D eigenvalue weighted by molar-refractivity contribution is 5.47. The molecule has 0 amide bonds. The van der Waals surface area contributed by atoms with Gasteiger partial charge in [-0.2, -0.15) is 0 Å². The first-order valence-corrected chi connectivity index (χ1v) is 9.43. The van der Waals surface area contributed by atoms with Gasteiger partial charge in [0.25, 0.3) is 0 Å². The molecule has 0 aliphatic carbocycles. The van der Waals surface area contributed by atoms with Crippen molar-refractivity contribution >= 4 is 0 Å². The van der Waals surface area contributed by atoms with Crippen molar-refractivity contribution < 1.29 is 4.74 Å². The van der Waals surface area contributed by atoms with Crippen LogP contribution >= 0.6 is 0 Å². The Labute approximate surface area is 155 Å². The van der Waals surface area contributed by atoms with Gasteiger partial charge >= 0.3 is 0 Å². The van der Waals surface area contributed by atoms with E-state index in [4.69, 9.17) is 4.74 Å². The third kappa shape index (κ3) is 3.31. The minimum Gasteiger partial charge on any atom is -0.359 e. The summed E-state index contributed by atoms with van der Waals surface area (Å²) in [4.78, 5) is 0. The molecule has 0 spiro atoms. The van der Waals surface area contributed by atoms with E-state index in [0.717, 1.165) is 23.2 Å². The van der Waals surface area contributed by atoms with Crippen LogP contribution in [0, 0.1) is 0 Å². The van der Waals surface area contributed by atoms with Crippen LogP contribution in [0.1, 0.15) is 29.5 Å². The van der Waals surface area contributed by atoms with Crippen molar-refractivity contribution in [2.75, 3.05) is 13.2 Å². The van der Waals surface area contributed by atoms with Crippen LogP contribution < -0.4 is 5.32 Å². The second kappa shape index (κ2) is 7.86. The Morgan fingerprint density at radius 2 is 1.19 bits per heavy atom. The summed E-state index contributed by atoms with van der Waals surface area (Å²) in [5.41, 5.74) is 2.88. The number of hydrogen-bond acceptors (Lipinski definition) is 2. The number of ether oxygens (including phenoxy) is 1. The summed E-state index contributed by atoms with van der Waals surface area (Å²) in [6.45, 7) is 1.78. The predicted molar refractivity (Wildman–Crippen MR) is 106 cm³/mol. The van der Waals surface area contributed by atoms with Gasteiger partial charge in [-0.3, -0.25) is 0 Å². The SMILES string of the molecule is c1ccc(C(OC[C@@H]2CCCN2)(c2ccccc2)c2ccccc2)cc1. The maximum Gasteiger partial charge on any atom is 0.143 e. The normalized spacial score (nSPS) is 17.3. The van der Waals surface area contributed by atoms with E-state index < -0.39 is 5.60 Å². The van der Waals surface area contributed by atoms with Crippen LogP contribution in [0.3, 0.4) is 0 Å². The highest BCUT2D eigenvalue weighted by atomic mass is 16.5. The van der Waals surface area contributed by atoms with Crippen molar-refractivity contribution in [3.05, 3.63) is 108 Å². The van der Waals surface area contributed by atoms with Crippen LogP contribution in [-0.4, -0.2) is 19.2 Å². The van der Waals surface area contributed by atoms with Crippen molar-refractivity contribution in [2.24, 2.45) is 0 Å². The second-order valence-electron chi connectivity index (χ2n) is 6.88. The molecule has 0 bridgehead atoms. The van der Waals surface area contributed by atoms with E-state index in [1.807, 2.05) is 0 Å². The van der Waals surface area contributed by atoms with E-state index in [1.54, 1.807) is 0 Å². The molecule has 1 N–H and O–H groups in total. The lowest BCUT2D eigenvalue weighted by atomic mass is 9.80. The summed E-state index contributed by atoms with van der Waals surface area (Å²) in [5.74, 6) is 0. The molecule has 0 aromatic heterocycles. The largest absolute Gasteiger partial charge is 0.359 e. The van der Waals surface area contributed by atoms with Gasteiger partial charge in [-0.05, 0) is 36.1 Å². The standard InChI is InChI=1S/C24H25NO/c1-4-11-20(12-5-1)24(21-13-6-2-7-14-21,22-15-8-3-9-16-22)26-19-23-17-10-18-25-23/h1-9,11-16,23,25H,10,17-19H2/t23-/m0/s1. The highest BCUT2D eigenvalue weighted by Gasteiger charge is 2.38. The molecule has 132 valence electrons. The van der Waals surface area contributed by atoms with Gasteiger partial charge in [-0.1, -0.05) is 91.0 Å². The lowest BCUT2D eigenvalue weighted by Crippen LogP contribution is -2.38. The molecular formula is C24H25NO. The molecule has 1 heterocycles. The molecule has 0 unspecified atom stereocenters. The van der Waals surface area contributed by atoms with E-state index in [9.17, 15) is 0 Å². The second-order valence-corrected chi connectivity index (χ2v) is 6.88. The van der Waals surface area contributed by atoms with Crippen LogP contribution in [0.2, 0.25) is 0 Å². The minimum atomic E-state index is -0.603. The molecule has 3 aromatic carbocycles. The molecule has 1 saturated heterocycles. The van der Waals surface area contributed by atoms with Gasteiger partial charge in [0.1, 0.15) is 5.60 Å². The summed E-state index contributed by atoms with van der Waals surface area (Å²) in [5, 5.41) is 3.56. The molecule has 0 radical (unpaired) electrons. The zero-order valence-electron chi connectivity index (χ0n) is 15.0. The van der Waals surface area contributed by atoms with E-state index >= 15 is 0 Å². The van der Waals surface area contributed by atoms with Crippen molar-refractivity contribution in [3.63, 3.8) is 0 Å². The third-order valence-corrected chi connectivity index (χ3v) is 5.20. The van der Waals surface area contributed by atoms with Crippen molar-refractivity contribution in [3.8, 4) is 0 Å². The summed E-state index contributed by atoms with van der Waals surface area (Å²) in [6.07, 6.45) is 2.40. The molecule has 2 heteroatoms. The average molecular weight is 343 g/mol. The zero-order valence-corrected chi connectivity index (χ0v) is 15.0. The first-order valence-electron chi connectivity index (χ1n) is 9.43. The first kappa shape index (κ1) is 17.0. The summed E-state index contributed by atoms with van der Waals surface area (Å²) in [6, 6.07) is 32.2. The molecule has 0 saturated carbocycles. The van der Waals surface area contributed by atoms with Gasteiger partial charge in [-0.15, -0.1) is 0 Å². The number of hydrogen-bond donors (Lipinski definition) is 1. The molecule has 1 fully saturated rings. The van der Waals surface area contributed by atoms with Crippen LogP contribution in [0.5, 0.6) is 0 Å². The van der Waals surface area contributed by atoms with Crippen LogP contribution in [0.4, 0.5) is 0 Å². The fourth-order valence-electron chi connectivity index (χ4n) is 3.89. The Kier molecular flexibility index (Phi) is 5.14. The van der Waals surface area contributed by atoms with Gasteiger partial charge < -0.3 is 10.1 Å². The van der Waals surface area contributed by atoms with Gasteiger partial charge in [0.15, 0.2) is 0 Å². The van der Waals surface area contributed by atoms with Crippen LogP contribution in [-0.2, 0) is 10.3 Å². The lowest BCUT2D eigenvalue weighted by molar-refractivity contribution is 0.00257. The Balaban J connectivity index is 1.84. The molecule has 1 aliphatic heterocycles. The van der Waals surface area contributed by atoms with Crippen LogP contribution in [0.25, 0.3) is 0 Å². The number of benzene rings is 3. The average Bonchev–Trinajstić information content (AvgIpc) is 3.25. The van der Waals surface area contributed by atoms with Gasteiger partial charge in [0, 0.05) is 6.04 Å². The monoisotopic (exact) mass is 343 g/mol. The molecular weight excluding hydrogens is 318 g/mol. The Hall–Kier alpha value is -2.42. The smallest absolute Gasteiger partial charge is 0.143 e. The van der Waals surface area contributed by atoms with E-state index in [1.165, 1.54) is 12.8 Å². The van der Waals surface area contributed by atoms with E-state index in [0.29, 0.717) is 12.6 Å². The molecule has 1 atom stereocenters. The number of rotatable bonds is 6. The van der Waals surface area contributed by atoms with Gasteiger partial charge in [0.2, 0.25) is 0 Å². The van der Waals surface area contributed by atoms with Gasteiger partial charge in [0.05, 0.1) is 6.61 Å². The molecule has 1 aliphatic rings. The van der Waals surface area contributed by atoms with Gasteiger partial charge in [-0.25, -0.2) is 0 Å². The quantitative estimate of drug-likeness (QED) is 0.652. The summed E-state index contributed by atoms with van der Waals surface area (Å²) >= 11 is 0. The van der Waals surface area contributed by atoms with Crippen molar-refractivity contribution in [2.45, 2.75) is 24.5 Å². The first-order chi connectivity index (χ1) is 12.9. The fraction of sp³-hybridized carbons (Fsp3) is 0.250. The van der Waals surface area contributed by atoms with Crippen molar-refractivity contribution in [1.29, 1.82) is 0 Å².